The average molecular weight is 308 g/mol. The lowest BCUT2D eigenvalue weighted by Gasteiger charge is -2.15. The Balaban J connectivity index is 2.13. The normalized spacial score (nSPS) is 10.6. The van der Waals surface area contributed by atoms with Gasteiger partial charge in [-0.05, 0) is 18.6 Å². The van der Waals surface area contributed by atoms with Crippen LogP contribution in [0.3, 0.4) is 0 Å². The van der Waals surface area contributed by atoms with Crippen molar-refractivity contribution in [2.75, 3.05) is 14.2 Å². The molecular formula is C14H16N2O2S2. The second-order valence-corrected chi connectivity index (χ2v) is 6.27. The van der Waals surface area contributed by atoms with Crippen LogP contribution in [0, 0.1) is 6.92 Å². The van der Waals surface area contributed by atoms with Crippen molar-refractivity contribution in [1.29, 1.82) is 0 Å². The highest BCUT2D eigenvalue weighted by atomic mass is 32.2. The summed E-state index contributed by atoms with van der Waals surface area (Å²) in [5.74, 6) is 0.575. The number of aryl methyl sites for hydroxylation is 1. The van der Waals surface area contributed by atoms with Crippen molar-refractivity contribution in [3.05, 3.63) is 46.5 Å². The first-order valence-corrected chi connectivity index (χ1v) is 7.93. The van der Waals surface area contributed by atoms with Crippen molar-refractivity contribution >= 4 is 29.0 Å². The number of rotatable bonds is 5. The van der Waals surface area contributed by atoms with Crippen molar-refractivity contribution < 1.29 is 9.63 Å². The van der Waals surface area contributed by atoms with Crippen molar-refractivity contribution in [2.45, 2.75) is 17.0 Å². The van der Waals surface area contributed by atoms with E-state index in [1.54, 1.807) is 30.1 Å². The van der Waals surface area contributed by atoms with E-state index in [1.807, 2.05) is 36.6 Å². The molecule has 1 aromatic carbocycles. The number of carbonyl (C=O) groups excluding carboxylic acids is 1. The van der Waals surface area contributed by atoms with Gasteiger partial charge < -0.3 is 0 Å². The number of hydroxylamine groups is 2. The summed E-state index contributed by atoms with van der Waals surface area (Å²) in [6, 6.07) is 7.58. The molecule has 106 valence electrons. The maximum absolute atomic E-state index is 12.2. The van der Waals surface area contributed by atoms with E-state index in [9.17, 15) is 4.79 Å². The number of nitrogens with zero attached hydrogens (tertiary/aromatic N) is 2. The van der Waals surface area contributed by atoms with Crippen LogP contribution in [0.15, 0.2) is 34.0 Å². The Morgan fingerprint density at radius 2 is 2.20 bits per heavy atom. The zero-order valence-corrected chi connectivity index (χ0v) is 13.3. The number of thiazole rings is 1. The molecule has 2 aromatic rings. The van der Waals surface area contributed by atoms with Crippen LogP contribution in [0.1, 0.15) is 21.6 Å². The number of aromatic nitrogens is 1. The molecule has 0 radical (unpaired) electrons. The smallest absolute Gasteiger partial charge is 0.274 e. The largest absolute Gasteiger partial charge is 0.277 e. The Hall–Kier alpha value is -1.37. The van der Waals surface area contributed by atoms with E-state index in [1.165, 1.54) is 12.2 Å². The fourth-order valence-corrected chi connectivity index (χ4v) is 3.50. The van der Waals surface area contributed by atoms with E-state index in [2.05, 4.69) is 4.98 Å². The van der Waals surface area contributed by atoms with Crippen LogP contribution in [0.5, 0.6) is 0 Å². The van der Waals surface area contributed by atoms with E-state index >= 15 is 0 Å². The number of hydrogen-bond acceptors (Lipinski definition) is 5. The Labute approximate surface area is 126 Å². The molecule has 6 heteroatoms. The molecular weight excluding hydrogens is 292 g/mol. The summed E-state index contributed by atoms with van der Waals surface area (Å²) in [6.07, 6.45) is 0. The molecule has 0 aliphatic carbocycles. The molecule has 0 spiro atoms. The maximum Gasteiger partial charge on any atom is 0.277 e. The van der Waals surface area contributed by atoms with Gasteiger partial charge in [-0.25, -0.2) is 10.0 Å². The van der Waals surface area contributed by atoms with Gasteiger partial charge in [0.1, 0.15) is 4.34 Å². The molecule has 0 unspecified atom stereocenters. The highest BCUT2D eigenvalue weighted by Gasteiger charge is 2.15. The summed E-state index contributed by atoms with van der Waals surface area (Å²) in [5.41, 5.74) is 2.68. The lowest BCUT2D eigenvalue weighted by Crippen LogP contribution is -2.26. The summed E-state index contributed by atoms with van der Waals surface area (Å²) in [4.78, 5) is 21.6. The van der Waals surface area contributed by atoms with Crippen LogP contribution in [0.4, 0.5) is 0 Å². The van der Waals surface area contributed by atoms with E-state index in [0.29, 0.717) is 11.3 Å². The first-order chi connectivity index (χ1) is 9.61. The van der Waals surface area contributed by atoms with Gasteiger partial charge in [0.25, 0.3) is 5.91 Å². The molecule has 1 heterocycles. The van der Waals surface area contributed by atoms with Crippen molar-refractivity contribution in [3.8, 4) is 0 Å². The quantitative estimate of drug-likeness (QED) is 0.627. The molecule has 0 saturated heterocycles. The molecule has 20 heavy (non-hydrogen) atoms. The van der Waals surface area contributed by atoms with Gasteiger partial charge in [-0.15, -0.1) is 11.3 Å². The van der Waals surface area contributed by atoms with Gasteiger partial charge in [0.15, 0.2) is 0 Å². The zero-order chi connectivity index (χ0) is 14.5. The Morgan fingerprint density at radius 3 is 2.85 bits per heavy atom. The monoisotopic (exact) mass is 308 g/mol. The minimum absolute atomic E-state index is 0.140. The first-order valence-electron chi connectivity index (χ1n) is 6.07. The van der Waals surface area contributed by atoms with Crippen LogP contribution in [0.2, 0.25) is 0 Å². The fraction of sp³-hybridized carbons (Fsp3) is 0.286. The van der Waals surface area contributed by atoms with Gasteiger partial charge in [0.2, 0.25) is 0 Å². The predicted octanol–water partition coefficient (Wildman–Crippen LogP) is 3.38. The van der Waals surface area contributed by atoms with Crippen molar-refractivity contribution in [3.63, 3.8) is 0 Å². The van der Waals surface area contributed by atoms with Gasteiger partial charge in [-0.3, -0.25) is 9.63 Å². The number of hydrogen-bond donors (Lipinski definition) is 0. The molecule has 0 saturated carbocycles. The summed E-state index contributed by atoms with van der Waals surface area (Å²) in [7, 11) is 3.09. The maximum atomic E-state index is 12.2. The van der Waals surface area contributed by atoms with Gasteiger partial charge in [-0.1, -0.05) is 30.0 Å². The van der Waals surface area contributed by atoms with Crippen molar-refractivity contribution in [1.82, 2.24) is 10.0 Å². The molecule has 0 atom stereocenters. The molecule has 0 aliphatic heterocycles. The Bertz CT molecular complexity index is 598. The highest BCUT2D eigenvalue weighted by Crippen LogP contribution is 2.27. The zero-order valence-electron chi connectivity index (χ0n) is 11.6. The van der Waals surface area contributed by atoms with Gasteiger partial charge in [0, 0.05) is 29.4 Å². The minimum Gasteiger partial charge on any atom is -0.274 e. The second kappa shape index (κ2) is 6.88. The third-order valence-electron chi connectivity index (χ3n) is 2.76. The second-order valence-electron chi connectivity index (χ2n) is 4.19. The van der Waals surface area contributed by atoms with E-state index in [4.69, 9.17) is 4.84 Å². The molecule has 0 fully saturated rings. The van der Waals surface area contributed by atoms with Gasteiger partial charge in [-0.2, -0.15) is 0 Å². The van der Waals surface area contributed by atoms with Crippen LogP contribution >= 0.6 is 23.1 Å². The summed E-state index contributed by atoms with van der Waals surface area (Å²) < 4.78 is 1.02. The predicted molar refractivity (Wildman–Crippen MR) is 82.0 cm³/mol. The summed E-state index contributed by atoms with van der Waals surface area (Å²) in [5, 5.41) is 3.26. The summed E-state index contributed by atoms with van der Waals surface area (Å²) >= 11 is 3.27. The highest BCUT2D eigenvalue weighted by molar-refractivity contribution is 8.00. The number of thioether (sulfide) groups is 1. The SMILES string of the molecule is CON(C)C(=O)c1ccccc1CSc1nc(C)cs1. The first kappa shape index (κ1) is 15.0. The van der Waals surface area contributed by atoms with E-state index < -0.39 is 0 Å². The number of amides is 1. The molecule has 0 N–H and O–H groups in total. The lowest BCUT2D eigenvalue weighted by atomic mass is 10.1. The number of benzene rings is 1. The molecule has 1 amide bonds. The van der Waals surface area contributed by atoms with E-state index in [0.717, 1.165) is 15.6 Å². The van der Waals surface area contributed by atoms with Crippen molar-refractivity contribution in [2.24, 2.45) is 0 Å². The Morgan fingerprint density at radius 1 is 1.45 bits per heavy atom. The summed E-state index contributed by atoms with van der Waals surface area (Å²) in [6.45, 7) is 1.98. The van der Waals surface area contributed by atoms with Gasteiger partial charge >= 0.3 is 0 Å². The average Bonchev–Trinajstić information content (AvgIpc) is 2.89. The third kappa shape index (κ3) is 3.59. The van der Waals surface area contributed by atoms with Gasteiger partial charge in [0.05, 0.1) is 7.11 Å². The van der Waals surface area contributed by atoms with Crippen LogP contribution in [0.25, 0.3) is 0 Å². The Kier molecular flexibility index (Phi) is 5.17. The minimum atomic E-state index is -0.140. The number of carbonyl (C=O) groups is 1. The fourth-order valence-electron chi connectivity index (χ4n) is 1.65. The molecule has 0 aliphatic rings. The molecule has 2 rings (SSSR count). The van der Waals surface area contributed by atoms with E-state index in [-0.39, 0.29) is 5.91 Å². The van der Waals surface area contributed by atoms with Crippen LogP contribution in [-0.2, 0) is 10.6 Å². The van der Waals surface area contributed by atoms with Crippen LogP contribution < -0.4 is 0 Å². The third-order valence-corrected chi connectivity index (χ3v) is 4.94. The standard InChI is InChI=1S/C14H16N2O2S2/c1-10-8-19-14(15-10)20-9-11-6-4-5-7-12(11)13(17)16(2)18-3/h4-8H,9H2,1-3H3. The molecule has 1 aromatic heterocycles. The molecule has 0 bridgehead atoms. The lowest BCUT2D eigenvalue weighted by molar-refractivity contribution is -0.0757. The van der Waals surface area contributed by atoms with Crippen LogP contribution in [-0.4, -0.2) is 30.1 Å². The topological polar surface area (TPSA) is 42.4 Å². The molecule has 4 nitrogen and oxygen atoms in total.